The highest BCUT2D eigenvalue weighted by molar-refractivity contribution is 9.10. The molecule has 1 aromatic rings. The molecule has 0 spiro atoms. The van der Waals surface area contributed by atoms with Crippen LogP contribution in [-0.2, 0) is 0 Å². The fourth-order valence-corrected chi connectivity index (χ4v) is 2.95. The van der Waals surface area contributed by atoms with Gasteiger partial charge in [0, 0.05) is 49.8 Å². The lowest BCUT2D eigenvalue weighted by Gasteiger charge is -2.32. The van der Waals surface area contributed by atoms with Crippen LogP contribution in [-0.4, -0.2) is 74.0 Å². The summed E-state index contributed by atoms with van der Waals surface area (Å²) in [5.41, 5.74) is 0.742. The summed E-state index contributed by atoms with van der Waals surface area (Å²) in [6.07, 6.45) is 1.03. The van der Waals surface area contributed by atoms with Gasteiger partial charge in [-0.1, -0.05) is 22.0 Å². The molecule has 21 heavy (non-hydrogen) atoms. The molecule has 116 valence electrons. The molecule has 0 saturated carbocycles. The van der Waals surface area contributed by atoms with Crippen LogP contribution in [0.1, 0.15) is 16.8 Å². The quantitative estimate of drug-likeness (QED) is 0.811. The standard InChI is InChI=1S/C16H24BrN3O/c1-18-9-11-20(12-10-18)8-4-7-19(2)16(21)14-5-3-6-15(17)13-14/h3,5-6,13H,4,7-12H2,1-2H3. The Morgan fingerprint density at radius 3 is 2.67 bits per heavy atom. The summed E-state index contributed by atoms with van der Waals surface area (Å²) in [7, 11) is 4.05. The Morgan fingerprint density at radius 1 is 1.29 bits per heavy atom. The molecular weight excluding hydrogens is 330 g/mol. The van der Waals surface area contributed by atoms with Crippen molar-refractivity contribution in [3.8, 4) is 0 Å². The first kappa shape index (κ1) is 16.5. The fraction of sp³-hybridized carbons (Fsp3) is 0.562. The highest BCUT2D eigenvalue weighted by Gasteiger charge is 2.15. The first-order valence-corrected chi connectivity index (χ1v) is 8.27. The number of benzene rings is 1. The molecule has 1 aliphatic heterocycles. The zero-order chi connectivity index (χ0) is 15.2. The van der Waals surface area contributed by atoms with Crippen molar-refractivity contribution >= 4 is 21.8 Å². The van der Waals surface area contributed by atoms with Gasteiger partial charge in [0.1, 0.15) is 0 Å². The zero-order valence-corrected chi connectivity index (χ0v) is 14.5. The Labute approximate surface area is 135 Å². The van der Waals surface area contributed by atoms with Crippen molar-refractivity contribution in [2.45, 2.75) is 6.42 Å². The van der Waals surface area contributed by atoms with E-state index in [4.69, 9.17) is 0 Å². The van der Waals surface area contributed by atoms with Crippen LogP contribution in [0.25, 0.3) is 0 Å². The molecule has 1 saturated heterocycles. The molecule has 0 bridgehead atoms. The van der Waals surface area contributed by atoms with Gasteiger partial charge in [-0.3, -0.25) is 4.79 Å². The van der Waals surface area contributed by atoms with E-state index < -0.39 is 0 Å². The molecule has 1 amide bonds. The normalized spacial score (nSPS) is 16.9. The predicted molar refractivity (Wildman–Crippen MR) is 89.7 cm³/mol. The van der Waals surface area contributed by atoms with Crippen molar-refractivity contribution in [3.05, 3.63) is 34.3 Å². The van der Waals surface area contributed by atoms with Gasteiger partial charge in [-0.2, -0.15) is 0 Å². The van der Waals surface area contributed by atoms with E-state index in [0.717, 1.165) is 55.7 Å². The van der Waals surface area contributed by atoms with Gasteiger partial charge in [0.25, 0.3) is 5.91 Å². The third-order valence-electron chi connectivity index (χ3n) is 3.98. The Bertz CT molecular complexity index is 472. The molecule has 2 rings (SSSR count). The van der Waals surface area contributed by atoms with E-state index in [1.54, 1.807) is 0 Å². The van der Waals surface area contributed by atoms with E-state index in [1.807, 2.05) is 36.2 Å². The number of amides is 1. The molecular formula is C16H24BrN3O. The summed E-state index contributed by atoms with van der Waals surface area (Å²) >= 11 is 3.41. The minimum Gasteiger partial charge on any atom is -0.342 e. The van der Waals surface area contributed by atoms with Gasteiger partial charge in [-0.25, -0.2) is 0 Å². The van der Waals surface area contributed by atoms with Crippen LogP contribution in [0.2, 0.25) is 0 Å². The topological polar surface area (TPSA) is 26.8 Å². The van der Waals surface area contributed by atoms with Crippen LogP contribution in [0.15, 0.2) is 28.7 Å². The van der Waals surface area contributed by atoms with Crippen molar-refractivity contribution in [2.75, 3.05) is 53.4 Å². The number of carbonyl (C=O) groups excluding carboxylic acids is 1. The molecule has 0 radical (unpaired) electrons. The molecule has 1 heterocycles. The minimum absolute atomic E-state index is 0.0923. The number of piperazine rings is 1. The summed E-state index contributed by atoms with van der Waals surface area (Å²) in [5.74, 6) is 0.0923. The molecule has 1 fully saturated rings. The molecule has 1 aromatic carbocycles. The van der Waals surface area contributed by atoms with Gasteiger partial charge < -0.3 is 14.7 Å². The monoisotopic (exact) mass is 353 g/mol. The first-order chi connectivity index (χ1) is 10.1. The lowest BCUT2D eigenvalue weighted by atomic mass is 10.2. The highest BCUT2D eigenvalue weighted by atomic mass is 79.9. The van der Waals surface area contributed by atoms with Crippen LogP contribution < -0.4 is 0 Å². The summed E-state index contributed by atoms with van der Waals surface area (Å²) in [4.78, 5) is 19.0. The smallest absolute Gasteiger partial charge is 0.253 e. The van der Waals surface area contributed by atoms with E-state index in [1.165, 1.54) is 0 Å². The van der Waals surface area contributed by atoms with E-state index in [9.17, 15) is 4.79 Å². The van der Waals surface area contributed by atoms with Crippen LogP contribution in [0.4, 0.5) is 0 Å². The Hall–Kier alpha value is -0.910. The SMILES string of the molecule is CN1CCN(CCCN(C)C(=O)c2cccc(Br)c2)CC1. The summed E-state index contributed by atoms with van der Waals surface area (Å²) < 4.78 is 0.944. The van der Waals surface area contributed by atoms with Crippen molar-refractivity contribution in [2.24, 2.45) is 0 Å². The second-order valence-corrected chi connectivity index (χ2v) is 6.65. The van der Waals surface area contributed by atoms with E-state index in [2.05, 4.69) is 32.8 Å². The molecule has 4 nitrogen and oxygen atoms in total. The second kappa shape index (κ2) is 7.92. The number of nitrogens with zero attached hydrogens (tertiary/aromatic N) is 3. The van der Waals surface area contributed by atoms with Gasteiger partial charge in [-0.15, -0.1) is 0 Å². The van der Waals surface area contributed by atoms with Crippen LogP contribution >= 0.6 is 15.9 Å². The second-order valence-electron chi connectivity index (χ2n) is 5.74. The lowest BCUT2D eigenvalue weighted by molar-refractivity contribution is 0.0783. The van der Waals surface area contributed by atoms with Crippen molar-refractivity contribution in [1.29, 1.82) is 0 Å². The van der Waals surface area contributed by atoms with Crippen LogP contribution in [0, 0.1) is 0 Å². The van der Waals surface area contributed by atoms with Gasteiger partial charge in [0.05, 0.1) is 0 Å². The first-order valence-electron chi connectivity index (χ1n) is 7.48. The van der Waals surface area contributed by atoms with Crippen molar-refractivity contribution in [3.63, 3.8) is 0 Å². The largest absolute Gasteiger partial charge is 0.342 e. The Balaban J connectivity index is 1.74. The maximum atomic E-state index is 12.3. The molecule has 5 heteroatoms. The van der Waals surface area contributed by atoms with Crippen LogP contribution in [0.5, 0.6) is 0 Å². The number of hydrogen-bond acceptors (Lipinski definition) is 3. The number of rotatable bonds is 5. The maximum Gasteiger partial charge on any atom is 0.253 e. The number of hydrogen-bond donors (Lipinski definition) is 0. The molecule has 0 atom stereocenters. The van der Waals surface area contributed by atoms with E-state index in [-0.39, 0.29) is 5.91 Å². The summed E-state index contributed by atoms with van der Waals surface area (Å²) in [5, 5.41) is 0. The number of likely N-dealkylation sites (N-methyl/N-ethyl adjacent to an activating group) is 1. The summed E-state index contributed by atoms with van der Waals surface area (Å²) in [6.45, 7) is 6.45. The van der Waals surface area contributed by atoms with E-state index >= 15 is 0 Å². The fourth-order valence-electron chi connectivity index (χ4n) is 2.55. The molecule has 0 aromatic heterocycles. The number of halogens is 1. The summed E-state index contributed by atoms with van der Waals surface area (Å²) in [6, 6.07) is 7.57. The third-order valence-corrected chi connectivity index (χ3v) is 4.48. The van der Waals surface area contributed by atoms with Gasteiger partial charge in [0.15, 0.2) is 0 Å². The Kier molecular flexibility index (Phi) is 6.21. The van der Waals surface area contributed by atoms with Gasteiger partial charge >= 0.3 is 0 Å². The third kappa shape index (κ3) is 5.09. The average Bonchev–Trinajstić information content (AvgIpc) is 2.48. The molecule has 0 N–H and O–H groups in total. The van der Waals surface area contributed by atoms with Gasteiger partial charge in [-0.05, 0) is 38.2 Å². The number of carbonyl (C=O) groups is 1. The van der Waals surface area contributed by atoms with Gasteiger partial charge in [0.2, 0.25) is 0 Å². The Morgan fingerprint density at radius 2 is 2.00 bits per heavy atom. The van der Waals surface area contributed by atoms with E-state index in [0.29, 0.717) is 0 Å². The molecule has 1 aliphatic rings. The maximum absolute atomic E-state index is 12.3. The molecule has 0 aliphatic carbocycles. The molecule has 0 unspecified atom stereocenters. The minimum atomic E-state index is 0.0923. The highest BCUT2D eigenvalue weighted by Crippen LogP contribution is 2.13. The van der Waals surface area contributed by atoms with Crippen molar-refractivity contribution < 1.29 is 4.79 Å². The average molecular weight is 354 g/mol. The van der Waals surface area contributed by atoms with Crippen molar-refractivity contribution in [1.82, 2.24) is 14.7 Å². The zero-order valence-electron chi connectivity index (χ0n) is 12.9. The van der Waals surface area contributed by atoms with Crippen LogP contribution in [0.3, 0.4) is 0 Å². The lowest BCUT2D eigenvalue weighted by Crippen LogP contribution is -2.45. The predicted octanol–water partition coefficient (Wildman–Crippen LogP) is 2.16.